The van der Waals surface area contributed by atoms with E-state index >= 15 is 0 Å². The number of hydrogen-bond donors (Lipinski definition) is 1. The number of nitrogens with one attached hydrogen (secondary N) is 1. The SMILES string of the molecule is Cc1nc2c3ccccc3nn2c(C)c1CCC(=O)Nc1cccc(S(=O)(=O)N2CCCCC2)c1. The number of aryl methyl sites for hydroxylation is 2. The van der Waals surface area contributed by atoms with Crippen molar-refractivity contribution >= 4 is 38.2 Å². The molecule has 5 rings (SSSR count). The van der Waals surface area contributed by atoms with Gasteiger partial charge in [0.05, 0.1) is 10.4 Å². The lowest BCUT2D eigenvalue weighted by Crippen LogP contribution is -2.35. The smallest absolute Gasteiger partial charge is 0.243 e. The molecule has 2 aromatic heterocycles. The Bertz CT molecular complexity index is 1520. The lowest BCUT2D eigenvalue weighted by atomic mass is 10.1. The number of nitrogens with zero attached hydrogens (tertiary/aromatic N) is 4. The highest BCUT2D eigenvalue weighted by atomic mass is 32.2. The van der Waals surface area contributed by atoms with Crippen LogP contribution in [0.4, 0.5) is 5.69 Å². The predicted octanol–water partition coefficient (Wildman–Crippen LogP) is 4.25. The van der Waals surface area contributed by atoms with Crippen LogP contribution < -0.4 is 5.32 Å². The van der Waals surface area contributed by atoms with Crippen LogP contribution in [0, 0.1) is 13.8 Å². The third-order valence-electron chi connectivity index (χ3n) is 6.69. The third kappa shape index (κ3) is 4.53. The second-order valence-electron chi connectivity index (χ2n) is 9.05. The van der Waals surface area contributed by atoms with Gasteiger partial charge < -0.3 is 5.32 Å². The number of hydrogen-bond acceptors (Lipinski definition) is 5. The van der Waals surface area contributed by atoms with Crippen molar-refractivity contribution in [2.24, 2.45) is 0 Å². The van der Waals surface area contributed by atoms with Crippen molar-refractivity contribution in [2.75, 3.05) is 18.4 Å². The molecule has 8 nitrogen and oxygen atoms in total. The second kappa shape index (κ2) is 9.39. The predicted molar refractivity (Wildman–Crippen MR) is 136 cm³/mol. The molecule has 0 radical (unpaired) electrons. The van der Waals surface area contributed by atoms with Gasteiger partial charge in [0.15, 0.2) is 5.65 Å². The summed E-state index contributed by atoms with van der Waals surface area (Å²) in [6, 6.07) is 14.4. The van der Waals surface area contributed by atoms with E-state index in [-0.39, 0.29) is 17.2 Å². The first-order valence-electron chi connectivity index (χ1n) is 12.0. The van der Waals surface area contributed by atoms with Crippen molar-refractivity contribution in [2.45, 2.75) is 50.8 Å². The van der Waals surface area contributed by atoms with Gasteiger partial charge in [0, 0.05) is 42.0 Å². The number of anilines is 1. The Labute approximate surface area is 205 Å². The quantitative estimate of drug-likeness (QED) is 0.435. The summed E-state index contributed by atoms with van der Waals surface area (Å²) in [6.07, 6.45) is 3.57. The Balaban J connectivity index is 1.31. The first-order valence-corrected chi connectivity index (χ1v) is 13.4. The normalized spacial score (nSPS) is 15.0. The Hall–Kier alpha value is -3.30. The molecule has 4 aromatic rings. The molecule has 1 fully saturated rings. The van der Waals surface area contributed by atoms with Gasteiger partial charge in [-0.3, -0.25) is 4.79 Å². The highest BCUT2D eigenvalue weighted by Crippen LogP contribution is 2.25. The van der Waals surface area contributed by atoms with Crippen LogP contribution in [0.5, 0.6) is 0 Å². The summed E-state index contributed by atoms with van der Waals surface area (Å²) in [5.74, 6) is -0.179. The molecular weight excluding hydrogens is 462 g/mol. The second-order valence-corrected chi connectivity index (χ2v) is 11.0. The van der Waals surface area contributed by atoms with Gasteiger partial charge >= 0.3 is 0 Å². The summed E-state index contributed by atoms with van der Waals surface area (Å²) in [6.45, 7) is 5.04. The largest absolute Gasteiger partial charge is 0.326 e. The fourth-order valence-electron chi connectivity index (χ4n) is 4.79. The summed E-state index contributed by atoms with van der Waals surface area (Å²) in [4.78, 5) is 17.7. The molecule has 0 saturated carbocycles. The van der Waals surface area contributed by atoms with Crippen molar-refractivity contribution in [1.29, 1.82) is 0 Å². The van der Waals surface area contributed by atoms with Crippen LogP contribution in [0.2, 0.25) is 0 Å². The average molecular weight is 492 g/mol. The number of sulfonamides is 1. The van der Waals surface area contributed by atoms with E-state index in [2.05, 4.69) is 10.4 Å². The Kier molecular flexibility index (Phi) is 6.29. The fraction of sp³-hybridized carbons (Fsp3) is 0.346. The van der Waals surface area contributed by atoms with E-state index < -0.39 is 10.0 Å². The molecule has 1 aliphatic rings. The Morgan fingerprint density at radius 1 is 1.03 bits per heavy atom. The lowest BCUT2D eigenvalue weighted by molar-refractivity contribution is -0.116. The van der Waals surface area contributed by atoms with E-state index in [1.54, 1.807) is 24.3 Å². The van der Waals surface area contributed by atoms with E-state index in [1.807, 2.05) is 42.6 Å². The fourth-order valence-corrected chi connectivity index (χ4v) is 6.35. The van der Waals surface area contributed by atoms with Crippen LogP contribution in [0.3, 0.4) is 0 Å². The lowest BCUT2D eigenvalue weighted by Gasteiger charge is -2.26. The average Bonchev–Trinajstić information content (AvgIpc) is 3.23. The summed E-state index contributed by atoms with van der Waals surface area (Å²) in [7, 11) is -3.55. The first kappa shape index (κ1) is 23.4. The highest BCUT2D eigenvalue weighted by Gasteiger charge is 2.26. The zero-order chi connectivity index (χ0) is 24.6. The summed E-state index contributed by atoms with van der Waals surface area (Å²) < 4.78 is 29.3. The van der Waals surface area contributed by atoms with Gasteiger partial charge in [0.25, 0.3) is 0 Å². The third-order valence-corrected chi connectivity index (χ3v) is 8.59. The molecule has 2 aromatic carbocycles. The van der Waals surface area contributed by atoms with Gasteiger partial charge in [-0.2, -0.15) is 9.40 Å². The minimum atomic E-state index is -3.55. The minimum absolute atomic E-state index is 0.179. The van der Waals surface area contributed by atoms with Crippen molar-refractivity contribution in [3.8, 4) is 0 Å². The van der Waals surface area contributed by atoms with Crippen LogP contribution in [0.1, 0.15) is 42.6 Å². The molecule has 9 heteroatoms. The van der Waals surface area contributed by atoms with Crippen LogP contribution in [-0.2, 0) is 21.2 Å². The zero-order valence-electron chi connectivity index (χ0n) is 20.0. The zero-order valence-corrected chi connectivity index (χ0v) is 20.8. The summed E-state index contributed by atoms with van der Waals surface area (Å²) in [5, 5.41) is 8.54. The van der Waals surface area contributed by atoms with Crippen molar-refractivity contribution in [3.05, 3.63) is 65.5 Å². The van der Waals surface area contributed by atoms with Crippen molar-refractivity contribution < 1.29 is 13.2 Å². The molecule has 0 bridgehead atoms. The maximum Gasteiger partial charge on any atom is 0.243 e. The van der Waals surface area contributed by atoms with Gasteiger partial charge in [-0.1, -0.05) is 24.6 Å². The number of carbonyl (C=O) groups is 1. The van der Waals surface area contributed by atoms with Gasteiger partial charge in [0.2, 0.25) is 15.9 Å². The maximum absolute atomic E-state index is 13.0. The molecule has 0 atom stereocenters. The molecule has 0 unspecified atom stereocenters. The molecule has 0 spiro atoms. The molecule has 3 heterocycles. The van der Waals surface area contributed by atoms with E-state index in [1.165, 1.54) is 4.31 Å². The maximum atomic E-state index is 13.0. The molecular formula is C26H29N5O3S. The highest BCUT2D eigenvalue weighted by molar-refractivity contribution is 7.89. The molecule has 35 heavy (non-hydrogen) atoms. The van der Waals surface area contributed by atoms with E-state index in [9.17, 15) is 13.2 Å². The number of amides is 1. The number of rotatable bonds is 6. The number of carbonyl (C=O) groups excluding carboxylic acids is 1. The minimum Gasteiger partial charge on any atom is -0.326 e. The van der Waals surface area contributed by atoms with Crippen LogP contribution in [-0.4, -0.2) is 46.3 Å². The standard InChI is InChI=1S/C26H29N5O3S/c1-18-22(19(2)31-26(27-18)23-11-4-5-12-24(23)29-31)13-14-25(32)28-20-9-8-10-21(17-20)35(33,34)30-15-6-3-7-16-30/h4-5,8-12,17H,3,6-7,13-16H2,1-2H3,(H,28,32). The summed E-state index contributed by atoms with van der Waals surface area (Å²) >= 11 is 0. The number of fused-ring (bicyclic) bond motifs is 3. The van der Waals surface area contributed by atoms with Crippen molar-refractivity contribution in [1.82, 2.24) is 18.9 Å². The topological polar surface area (TPSA) is 96.7 Å². The first-order chi connectivity index (χ1) is 16.8. The molecule has 182 valence electrons. The molecule has 0 aliphatic carbocycles. The summed E-state index contributed by atoms with van der Waals surface area (Å²) in [5.41, 5.74) is 5.01. The molecule has 1 N–H and O–H groups in total. The van der Waals surface area contributed by atoms with E-state index in [0.717, 1.165) is 52.8 Å². The van der Waals surface area contributed by atoms with Crippen LogP contribution in [0.25, 0.3) is 16.6 Å². The molecule has 1 saturated heterocycles. The number of benzene rings is 2. The Morgan fingerprint density at radius 2 is 1.80 bits per heavy atom. The Morgan fingerprint density at radius 3 is 2.60 bits per heavy atom. The molecule has 1 amide bonds. The molecule has 1 aliphatic heterocycles. The van der Waals surface area contributed by atoms with Crippen LogP contribution >= 0.6 is 0 Å². The van der Waals surface area contributed by atoms with Gasteiger partial charge in [-0.05, 0) is 69.0 Å². The van der Waals surface area contributed by atoms with Crippen LogP contribution in [0.15, 0.2) is 53.4 Å². The van der Waals surface area contributed by atoms with E-state index in [4.69, 9.17) is 4.98 Å². The number of aromatic nitrogens is 3. The van der Waals surface area contributed by atoms with Gasteiger partial charge in [0.1, 0.15) is 0 Å². The van der Waals surface area contributed by atoms with Crippen molar-refractivity contribution in [3.63, 3.8) is 0 Å². The van der Waals surface area contributed by atoms with Gasteiger partial charge in [-0.15, -0.1) is 0 Å². The van der Waals surface area contributed by atoms with Gasteiger partial charge in [-0.25, -0.2) is 17.9 Å². The monoisotopic (exact) mass is 491 g/mol. The van der Waals surface area contributed by atoms with E-state index in [0.29, 0.717) is 25.2 Å². The number of piperidine rings is 1.